The third-order valence-corrected chi connectivity index (χ3v) is 1.98. The summed E-state index contributed by atoms with van der Waals surface area (Å²) in [6.45, 7) is 8.24. The molecule has 0 bridgehead atoms. The lowest BCUT2D eigenvalue weighted by molar-refractivity contribution is 0.0482. The molecular formula is C11H18N2O3. The summed E-state index contributed by atoms with van der Waals surface area (Å²) in [5.74, 6) is -0.0799. The van der Waals surface area contributed by atoms with E-state index >= 15 is 0 Å². The molecule has 0 atom stereocenters. The highest BCUT2D eigenvalue weighted by molar-refractivity contribution is 5.84. The average Bonchev–Trinajstić information content (AvgIpc) is 2.66. The summed E-state index contributed by atoms with van der Waals surface area (Å²) in [7, 11) is 0. The fourth-order valence-electron chi connectivity index (χ4n) is 0.985. The Bertz CT molecular complexity index is 352. The van der Waals surface area contributed by atoms with Crippen molar-refractivity contribution in [2.45, 2.75) is 46.0 Å². The Morgan fingerprint density at radius 2 is 2.12 bits per heavy atom. The molecule has 0 spiro atoms. The van der Waals surface area contributed by atoms with Crippen LogP contribution < -0.4 is 0 Å². The molecule has 1 rings (SSSR count). The average molecular weight is 226 g/mol. The van der Waals surface area contributed by atoms with Crippen LogP contribution >= 0.6 is 0 Å². The summed E-state index contributed by atoms with van der Waals surface area (Å²) in [4.78, 5) is 15.5. The SMILES string of the molecule is CCCCOC(=O)c1noc(C(C)(C)C)n1. The lowest BCUT2D eigenvalue weighted by Gasteiger charge is -2.10. The summed E-state index contributed by atoms with van der Waals surface area (Å²) in [6, 6.07) is 0. The smallest absolute Gasteiger partial charge is 0.379 e. The predicted octanol–water partition coefficient (Wildman–Crippen LogP) is 2.32. The molecule has 0 aliphatic rings. The number of hydrogen-bond acceptors (Lipinski definition) is 5. The molecule has 1 heterocycles. The van der Waals surface area contributed by atoms with Gasteiger partial charge in [0.15, 0.2) is 0 Å². The Labute approximate surface area is 95.2 Å². The minimum Gasteiger partial charge on any atom is -0.460 e. The van der Waals surface area contributed by atoms with Crippen molar-refractivity contribution < 1.29 is 14.1 Å². The second-order valence-electron chi connectivity index (χ2n) is 4.66. The molecular weight excluding hydrogens is 208 g/mol. The van der Waals surface area contributed by atoms with Gasteiger partial charge in [-0.3, -0.25) is 0 Å². The van der Waals surface area contributed by atoms with Gasteiger partial charge in [-0.05, 0) is 11.6 Å². The molecule has 0 saturated carbocycles. The van der Waals surface area contributed by atoms with Crippen molar-refractivity contribution in [1.82, 2.24) is 10.1 Å². The van der Waals surface area contributed by atoms with Crippen LogP contribution in [-0.2, 0) is 10.2 Å². The van der Waals surface area contributed by atoms with Crippen LogP contribution in [0.1, 0.15) is 57.0 Å². The van der Waals surface area contributed by atoms with Crippen LogP contribution in [-0.4, -0.2) is 22.7 Å². The fourth-order valence-corrected chi connectivity index (χ4v) is 0.985. The number of aromatic nitrogens is 2. The molecule has 0 N–H and O–H groups in total. The topological polar surface area (TPSA) is 65.2 Å². The van der Waals surface area contributed by atoms with E-state index < -0.39 is 5.97 Å². The zero-order valence-electron chi connectivity index (χ0n) is 10.2. The Morgan fingerprint density at radius 3 is 2.62 bits per heavy atom. The molecule has 0 aromatic carbocycles. The lowest BCUT2D eigenvalue weighted by atomic mass is 9.97. The van der Waals surface area contributed by atoms with E-state index in [1.807, 2.05) is 27.7 Å². The van der Waals surface area contributed by atoms with Gasteiger partial charge >= 0.3 is 5.97 Å². The van der Waals surface area contributed by atoms with Crippen LogP contribution in [0.25, 0.3) is 0 Å². The minimum atomic E-state index is -0.521. The van der Waals surface area contributed by atoms with Gasteiger partial charge in [-0.25, -0.2) is 4.79 Å². The van der Waals surface area contributed by atoms with E-state index in [-0.39, 0.29) is 11.2 Å². The Kier molecular flexibility index (Phi) is 4.04. The first-order chi connectivity index (χ1) is 7.45. The van der Waals surface area contributed by atoms with E-state index in [1.165, 1.54) is 0 Å². The maximum absolute atomic E-state index is 11.5. The van der Waals surface area contributed by atoms with Crippen molar-refractivity contribution in [1.29, 1.82) is 0 Å². The number of hydrogen-bond donors (Lipinski definition) is 0. The Morgan fingerprint density at radius 1 is 1.44 bits per heavy atom. The molecule has 0 aliphatic heterocycles. The van der Waals surface area contributed by atoms with Crippen LogP contribution in [0.4, 0.5) is 0 Å². The van der Waals surface area contributed by atoms with E-state index in [9.17, 15) is 4.79 Å². The number of nitrogens with zero attached hydrogens (tertiary/aromatic N) is 2. The highest BCUT2D eigenvalue weighted by atomic mass is 16.5. The molecule has 5 nitrogen and oxygen atoms in total. The third kappa shape index (κ3) is 3.32. The first-order valence-electron chi connectivity index (χ1n) is 5.46. The number of ether oxygens (including phenoxy) is 1. The monoisotopic (exact) mass is 226 g/mol. The van der Waals surface area contributed by atoms with Crippen LogP contribution in [0.15, 0.2) is 4.52 Å². The van der Waals surface area contributed by atoms with Crippen LogP contribution in [0.2, 0.25) is 0 Å². The van der Waals surface area contributed by atoms with E-state index in [0.717, 1.165) is 12.8 Å². The second kappa shape index (κ2) is 5.09. The first-order valence-corrected chi connectivity index (χ1v) is 5.46. The van der Waals surface area contributed by atoms with Gasteiger partial charge in [0.25, 0.3) is 5.82 Å². The number of carbonyl (C=O) groups is 1. The Balaban J connectivity index is 2.60. The predicted molar refractivity (Wildman–Crippen MR) is 58.2 cm³/mol. The molecule has 0 fully saturated rings. The molecule has 1 aromatic heterocycles. The van der Waals surface area contributed by atoms with Crippen molar-refractivity contribution in [2.24, 2.45) is 0 Å². The summed E-state index contributed by atoms with van der Waals surface area (Å²) >= 11 is 0. The van der Waals surface area contributed by atoms with Crippen molar-refractivity contribution >= 4 is 5.97 Å². The zero-order chi connectivity index (χ0) is 12.2. The molecule has 0 unspecified atom stereocenters. The summed E-state index contributed by atoms with van der Waals surface area (Å²) < 4.78 is 9.97. The normalized spacial score (nSPS) is 11.5. The van der Waals surface area contributed by atoms with Gasteiger partial charge in [0.2, 0.25) is 5.89 Å². The molecule has 5 heteroatoms. The standard InChI is InChI=1S/C11H18N2O3/c1-5-6-7-15-9(14)8-12-10(16-13-8)11(2,3)4/h5-7H2,1-4H3. The summed E-state index contributed by atoms with van der Waals surface area (Å²) in [5.41, 5.74) is -0.255. The first kappa shape index (κ1) is 12.7. The van der Waals surface area contributed by atoms with Gasteiger partial charge in [-0.1, -0.05) is 34.1 Å². The van der Waals surface area contributed by atoms with Crippen LogP contribution in [0, 0.1) is 0 Å². The molecule has 0 saturated heterocycles. The minimum absolute atomic E-state index is 0.000952. The largest absolute Gasteiger partial charge is 0.460 e. The summed E-state index contributed by atoms with van der Waals surface area (Å²) in [5, 5.41) is 3.60. The van der Waals surface area contributed by atoms with Gasteiger partial charge in [0.05, 0.1) is 6.61 Å². The van der Waals surface area contributed by atoms with Gasteiger partial charge < -0.3 is 9.26 Å². The van der Waals surface area contributed by atoms with E-state index in [2.05, 4.69) is 10.1 Å². The van der Waals surface area contributed by atoms with Crippen molar-refractivity contribution in [3.63, 3.8) is 0 Å². The third-order valence-electron chi connectivity index (χ3n) is 1.98. The number of rotatable bonds is 4. The maximum atomic E-state index is 11.5. The summed E-state index contributed by atoms with van der Waals surface area (Å²) in [6.07, 6.45) is 1.82. The molecule has 0 aliphatic carbocycles. The molecule has 0 amide bonds. The van der Waals surface area contributed by atoms with Gasteiger partial charge in [0, 0.05) is 5.41 Å². The van der Waals surface area contributed by atoms with E-state index in [0.29, 0.717) is 12.5 Å². The number of esters is 1. The number of unbranched alkanes of at least 4 members (excludes halogenated alkanes) is 1. The highest BCUT2D eigenvalue weighted by Gasteiger charge is 2.24. The zero-order valence-corrected chi connectivity index (χ0v) is 10.2. The molecule has 16 heavy (non-hydrogen) atoms. The molecule has 0 radical (unpaired) electrons. The number of carbonyl (C=O) groups excluding carboxylic acids is 1. The quantitative estimate of drug-likeness (QED) is 0.582. The second-order valence-corrected chi connectivity index (χ2v) is 4.66. The van der Waals surface area contributed by atoms with Gasteiger partial charge in [0.1, 0.15) is 0 Å². The van der Waals surface area contributed by atoms with Crippen molar-refractivity contribution in [3.05, 3.63) is 11.7 Å². The molecule has 1 aromatic rings. The highest BCUT2D eigenvalue weighted by Crippen LogP contribution is 2.19. The van der Waals surface area contributed by atoms with Crippen LogP contribution in [0.3, 0.4) is 0 Å². The van der Waals surface area contributed by atoms with E-state index in [4.69, 9.17) is 9.26 Å². The lowest BCUT2D eigenvalue weighted by Crippen LogP contribution is -2.13. The molecule has 90 valence electrons. The Hall–Kier alpha value is -1.39. The van der Waals surface area contributed by atoms with Gasteiger partial charge in [-0.15, -0.1) is 0 Å². The van der Waals surface area contributed by atoms with E-state index in [1.54, 1.807) is 0 Å². The van der Waals surface area contributed by atoms with Crippen molar-refractivity contribution in [3.8, 4) is 0 Å². The van der Waals surface area contributed by atoms with Crippen molar-refractivity contribution in [2.75, 3.05) is 6.61 Å². The van der Waals surface area contributed by atoms with Crippen LogP contribution in [0.5, 0.6) is 0 Å². The fraction of sp³-hybridized carbons (Fsp3) is 0.727. The van der Waals surface area contributed by atoms with Gasteiger partial charge in [-0.2, -0.15) is 4.98 Å². The maximum Gasteiger partial charge on any atom is 0.379 e.